The lowest BCUT2D eigenvalue weighted by Gasteiger charge is -2.43. The van der Waals surface area contributed by atoms with Crippen LogP contribution in [0, 0.1) is 0 Å². The molecule has 2 atom stereocenters. The minimum absolute atomic E-state index is 0.786. The van der Waals surface area contributed by atoms with E-state index in [1.807, 2.05) is 0 Å². The maximum absolute atomic E-state index is 4.56. The van der Waals surface area contributed by atoms with Crippen LogP contribution in [0.2, 0.25) is 0 Å². The number of piperidine rings is 1. The number of likely N-dealkylation sites (N-methyl/N-ethyl adjacent to an activating group) is 1. The molecule has 74 valence electrons. The van der Waals surface area contributed by atoms with Crippen molar-refractivity contribution in [2.45, 2.75) is 32.2 Å². The second-order valence-electron chi connectivity index (χ2n) is 4.24. The maximum Gasteiger partial charge on any atom is 0.0993 e. The van der Waals surface area contributed by atoms with Crippen LogP contribution in [-0.4, -0.2) is 42.4 Å². The highest BCUT2D eigenvalue weighted by atomic mass is 32.1. The van der Waals surface area contributed by atoms with Gasteiger partial charge in [-0.2, -0.15) is 0 Å². The normalized spacial score (nSPS) is 33.8. The molecule has 0 amide bonds. The van der Waals surface area contributed by atoms with E-state index in [2.05, 4.69) is 36.3 Å². The van der Waals surface area contributed by atoms with Gasteiger partial charge in [-0.1, -0.05) is 0 Å². The van der Waals surface area contributed by atoms with Crippen molar-refractivity contribution in [2.75, 3.05) is 26.7 Å². The summed E-state index contributed by atoms with van der Waals surface area (Å²) in [6.45, 7) is 5.60. The Morgan fingerprint density at radius 2 is 2.31 bits per heavy atom. The Labute approximate surface area is 86.2 Å². The molecular weight excluding hydrogens is 180 g/mol. The molecule has 0 saturated carbocycles. The summed E-state index contributed by atoms with van der Waals surface area (Å²) in [6.07, 6.45) is 4.12. The van der Waals surface area contributed by atoms with E-state index in [0.717, 1.165) is 19.1 Å². The first-order valence-corrected chi connectivity index (χ1v) is 5.48. The highest BCUT2D eigenvalue weighted by Gasteiger charge is 2.31. The summed E-state index contributed by atoms with van der Waals surface area (Å²) in [5.74, 6) is 0. The molecule has 1 heterocycles. The van der Waals surface area contributed by atoms with Gasteiger partial charge < -0.3 is 4.48 Å². The lowest BCUT2D eigenvalue weighted by Crippen LogP contribution is -2.54. The minimum atomic E-state index is 0.786. The van der Waals surface area contributed by atoms with E-state index in [-0.39, 0.29) is 0 Å². The van der Waals surface area contributed by atoms with Crippen LogP contribution in [0.5, 0.6) is 0 Å². The molecule has 0 aromatic rings. The summed E-state index contributed by atoms with van der Waals surface area (Å²) in [7, 11) is 2.34. The van der Waals surface area contributed by atoms with E-state index in [4.69, 9.17) is 0 Å². The Bertz CT molecular complexity index is 211. The number of aliphatic imine (C=N–C) groups is 1. The summed E-state index contributed by atoms with van der Waals surface area (Å²) in [5.41, 5.74) is 0. The van der Waals surface area contributed by atoms with Crippen LogP contribution >= 0.6 is 12.2 Å². The molecule has 0 aromatic heterocycles. The van der Waals surface area contributed by atoms with Crippen molar-refractivity contribution in [1.29, 1.82) is 0 Å². The summed E-state index contributed by atoms with van der Waals surface area (Å²) < 4.78 is 1.17. The van der Waals surface area contributed by atoms with Gasteiger partial charge in [0.15, 0.2) is 0 Å². The lowest BCUT2D eigenvalue weighted by atomic mass is 10.0. The highest BCUT2D eigenvalue weighted by molar-refractivity contribution is 7.78. The third-order valence-electron chi connectivity index (χ3n) is 3.39. The first kappa shape index (κ1) is 10.8. The van der Waals surface area contributed by atoms with Gasteiger partial charge in [-0.3, -0.25) is 0 Å². The van der Waals surface area contributed by atoms with Crippen LogP contribution in [0.3, 0.4) is 0 Å². The largest absolute Gasteiger partial charge is 0.322 e. The van der Waals surface area contributed by atoms with Crippen molar-refractivity contribution in [1.82, 2.24) is 0 Å². The van der Waals surface area contributed by atoms with Gasteiger partial charge in [-0.05, 0) is 38.4 Å². The third kappa shape index (κ3) is 2.87. The molecule has 0 bridgehead atoms. The Hall–Kier alpha value is -0.240. The highest BCUT2D eigenvalue weighted by Crippen LogP contribution is 2.22. The number of nitrogens with zero attached hydrogens (tertiary/aromatic N) is 2. The monoisotopic (exact) mass is 199 g/mol. The molecule has 0 N–H and O–H groups in total. The van der Waals surface area contributed by atoms with E-state index in [1.165, 1.54) is 30.3 Å². The molecular formula is C10H19N2S+. The number of hydrogen-bond acceptors (Lipinski definition) is 2. The van der Waals surface area contributed by atoms with Crippen LogP contribution in [0.4, 0.5) is 0 Å². The Morgan fingerprint density at radius 1 is 1.54 bits per heavy atom. The van der Waals surface area contributed by atoms with Crippen molar-refractivity contribution in [3.8, 4) is 0 Å². The number of quaternary nitrogens is 1. The summed E-state index contributed by atoms with van der Waals surface area (Å²) in [6, 6.07) is 0.786. The van der Waals surface area contributed by atoms with Crippen molar-refractivity contribution >= 4 is 17.4 Å². The quantitative estimate of drug-likeness (QED) is 0.385. The number of rotatable bonds is 3. The van der Waals surface area contributed by atoms with Crippen LogP contribution < -0.4 is 0 Å². The molecule has 1 rings (SSSR count). The summed E-state index contributed by atoms with van der Waals surface area (Å²) >= 11 is 4.56. The van der Waals surface area contributed by atoms with E-state index in [1.54, 1.807) is 0 Å². The number of hydrogen-bond donors (Lipinski definition) is 0. The number of likely N-dealkylation sites (tertiary alicyclic amines) is 1. The molecule has 1 saturated heterocycles. The molecule has 1 aliphatic rings. The Kier molecular flexibility index (Phi) is 4.04. The van der Waals surface area contributed by atoms with Crippen LogP contribution in [0.25, 0.3) is 0 Å². The second-order valence-corrected chi connectivity index (χ2v) is 4.43. The molecule has 2 unspecified atom stereocenters. The fourth-order valence-corrected chi connectivity index (χ4v) is 2.19. The number of isothiocyanates is 1. The fourth-order valence-electron chi connectivity index (χ4n) is 2.10. The molecule has 0 radical (unpaired) electrons. The van der Waals surface area contributed by atoms with Crippen molar-refractivity contribution in [3.05, 3.63) is 0 Å². The van der Waals surface area contributed by atoms with Crippen LogP contribution in [0.15, 0.2) is 4.99 Å². The lowest BCUT2D eigenvalue weighted by molar-refractivity contribution is -0.935. The Morgan fingerprint density at radius 3 is 2.92 bits per heavy atom. The van der Waals surface area contributed by atoms with Gasteiger partial charge in [0.05, 0.1) is 37.9 Å². The topological polar surface area (TPSA) is 12.4 Å². The average Bonchev–Trinajstić information content (AvgIpc) is 2.11. The summed E-state index contributed by atoms with van der Waals surface area (Å²) in [4.78, 5) is 3.99. The van der Waals surface area contributed by atoms with Crippen molar-refractivity contribution in [2.24, 2.45) is 4.99 Å². The van der Waals surface area contributed by atoms with E-state index >= 15 is 0 Å². The van der Waals surface area contributed by atoms with Crippen LogP contribution in [-0.2, 0) is 0 Å². The zero-order valence-electron chi connectivity index (χ0n) is 8.62. The van der Waals surface area contributed by atoms with Crippen LogP contribution in [0.1, 0.15) is 26.2 Å². The van der Waals surface area contributed by atoms with Gasteiger partial charge in [0, 0.05) is 0 Å². The predicted octanol–water partition coefficient (Wildman–Crippen LogP) is 2.11. The number of thiocarbonyl (C=S) groups is 1. The minimum Gasteiger partial charge on any atom is -0.322 e. The van der Waals surface area contributed by atoms with Gasteiger partial charge in [0.2, 0.25) is 0 Å². The van der Waals surface area contributed by atoms with Gasteiger partial charge in [-0.25, -0.2) is 4.99 Å². The first-order valence-electron chi connectivity index (χ1n) is 5.07. The zero-order chi connectivity index (χ0) is 9.73. The smallest absolute Gasteiger partial charge is 0.0993 e. The van der Waals surface area contributed by atoms with E-state index in [9.17, 15) is 0 Å². The Balaban J connectivity index is 2.46. The first-order chi connectivity index (χ1) is 6.19. The van der Waals surface area contributed by atoms with Gasteiger partial charge in [0.25, 0.3) is 0 Å². The molecule has 0 aliphatic carbocycles. The van der Waals surface area contributed by atoms with Crippen molar-refractivity contribution < 1.29 is 4.48 Å². The predicted molar refractivity (Wildman–Crippen MR) is 59.1 cm³/mol. The third-order valence-corrected chi connectivity index (χ3v) is 3.52. The standard InChI is InChI=1S/C10H19N2S/c1-10-5-3-4-7-12(10,2)8-6-11-9-13/h10H,3-8H2,1-2H3/q+1. The van der Waals surface area contributed by atoms with E-state index < -0.39 is 0 Å². The maximum atomic E-state index is 4.56. The SMILES string of the molecule is CC1CCCC[N+]1(C)CCN=C=S. The second kappa shape index (κ2) is 4.85. The van der Waals surface area contributed by atoms with Crippen molar-refractivity contribution in [3.63, 3.8) is 0 Å². The summed E-state index contributed by atoms with van der Waals surface area (Å²) in [5, 5.41) is 2.44. The molecule has 0 aromatic carbocycles. The molecule has 13 heavy (non-hydrogen) atoms. The fraction of sp³-hybridized carbons (Fsp3) is 0.900. The zero-order valence-corrected chi connectivity index (χ0v) is 9.44. The average molecular weight is 199 g/mol. The van der Waals surface area contributed by atoms with Gasteiger partial charge in [-0.15, -0.1) is 0 Å². The van der Waals surface area contributed by atoms with Gasteiger partial charge >= 0.3 is 0 Å². The molecule has 2 nitrogen and oxygen atoms in total. The molecule has 3 heteroatoms. The molecule has 1 aliphatic heterocycles. The molecule has 0 spiro atoms. The van der Waals surface area contributed by atoms with E-state index in [0.29, 0.717) is 0 Å². The molecule has 1 fully saturated rings. The van der Waals surface area contributed by atoms with Gasteiger partial charge in [0.1, 0.15) is 0 Å².